The lowest BCUT2D eigenvalue weighted by Crippen LogP contribution is -2.62. The molecule has 0 aliphatic heterocycles. The topological polar surface area (TPSA) is 121 Å². The zero-order chi connectivity index (χ0) is 19.4. The molecule has 9 heteroatoms. The first kappa shape index (κ1) is 19.9. The molecule has 1 aliphatic rings. The molecule has 1 aromatic carbocycles. The predicted molar refractivity (Wildman–Crippen MR) is 94.8 cm³/mol. The quantitative estimate of drug-likeness (QED) is 0.663. The van der Waals surface area contributed by atoms with Crippen molar-refractivity contribution >= 4 is 27.6 Å². The molecule has 3 amide bonds. The summed E-state index contributed by atoms with van der Waals surface area (Å²) in [6.45, 7) is 1.35. The van der Waals surface area contributed by atoms with Gasteiger partial charge in [0, 0.05) is 18.7 Å². The normalized spacial score (nSPS) is 16.4. The van der Waals surface area contributed by atoms with E-state index < -0.39 is 27.2 Å². The van der Waals surface area contributed by atoms with Gasteiger partial charge in [-0.1, -0.05) is 19.3 Å². The SMILES string of the molecule is CC(=O)NC1(C(=O)NNC(=O)c2ccc(S(C)(=O)=O)cc2)CCCCC1. The standard InChI is InChI=1S/C17H23N3O5S/c1-12(21)18-17(10-4-3-5-11-17)16(23)20-19-15(22)13-6-8-14(9-7-13)26(2,24)25/h6-9H,3-5,10-11H2,1-2H3,(H,18,21)(H,19,22)(H,20,23). The minimum atomic E-state index is -3.35. The maximum Gasteiger partial charge on any atom is 0.269 e. The molecule has 0 spiro atoms. The highest BCUT2D eigenvalue weighted by Gasteiger charge is 2.40. The Morgan fingerprint density at radius 2 is 1.54 bits per heavy atom. The van der Waals surface area contributed by atoms with Gasteiger partial charge in [0.2, 0.25) is 5.91 Å². The monoisotopic (exact) mass is 381 g/mol. The predicted octanol–water partition coefficient (Wildman–Crippen LogP) is 0.690. The van der Waals surface area contributed by atoms with Crippen LogP contribution < -0.4 is 16.2 Å². The number of benzene rings is 1. The largest absolute Gasteiger partial charge is 0.342 e. The molecule has 1 aliphatic carbocycles. The summed E-state index contributed by atoms with van der Waals surface area (Å²) < 4.78 is 22.9. The Morgan fingerprint density at radius 3 is 2.04 bits per heavy atom. The van der Waals surface area contributed by atoms with E-state index >= 15 is 0 Å². The Hall–Kier alpha value is -2.42. The van der Waals surface area contributed by atoms with Crippen molar-refractivity contribution in [3.8, 4) is 0 Å². The van der Waals surface area contributed by atoms with E-state index in [2.05, 4.69) is 16.2 Å². The number of rotatable bonds is 4. The Labute approximate surface area is 152 Å². The zero-order valence-corrected chi connectivity index (χ0v) is 15.6. The third-order valence-corrected chi connectivity index (χ3v) is 5.52. The van der Waals surface area contributed by atoms with Gasteiger partial charge in [-0.2, -0.15) is 0 Å². The van der Waals surface area contributed by atoms with E-state index in [9.17, 15) is 22.8 Å². The average Bonchev–Trinajstić information content (AvgIpc) is 2.59. The van der Waals surface area contributed by atoms with Crippen LogP contribution in [0.2, 0.25) is 0 Å². The first-order chi connectivity index (χ1) is 12.1. The van der Waals surface area contributed by atoms with Gasteiger partial charge in [-0.15, -0.1) is 0 Å². The second-order valence-corrected chi connectivity index (χ2v) is 8.54. The minimum absolute atomic E-state index is 0.102. The number of hydrogen-bond donors (Lipinski definition) is 3. The molecule has 0 atom stereocenters. The van der Waals surface area contributed by atoms with Gasteiger partial charge in [0.25, 0.3) is 11.8 Å². The molecule has 2 rings (SSSR count). The smallest absolute Gasteiger partial charge is 0.269 e. The van der Waals surface area contributed by atoms with Crippen LogP contribution in [0.25, 0.3) is 0 Å². The maximum absolute atomic E-state index is 12.6. The van der Waals surface area contributed by atoms with Crippen LogP contribution in [-0.4, -0.2) is 37.9 Å². The third-order valence-electron chi connectivity index (χ3n) is 4.39. The summed E-state index contributed by atoms with van der Waals surface area (Å²) in [6.07, 6.45) is 4.72. The van der Waals surface area contributed by atoms with Crippen molar-refractivity contribution < 1.29 is 22.8 Å². The van der Waals surface area contributed by atoms with Crippen molar-refractivity contribution in [2.24, 2.45) is 0 Å². The number of carbonyl (C=O) groups is 3. The first-order valence-corrected chi connectivity index (χ1v) is 10.2. The van der Waals surface area contributed by atoms with Crippen LogP contribution in [0.15, 0.2) is 29.2 Å². The van der Waals surface area contributed by atoms with E-state index in [1.807, 2.05) is 0 Å². The number of carbonyl (C=O) groups excluding carboxylic acids is 3. The molecule has 1 saturated carbocycles. The van der Waals surface area contributed by atoms with Crippen molar-refractivity contribution in [1.29, 1.82) is 0 Å². The van der Waals surface area contributed by atoms with Gasteiger partial charge in [-0.05, 0) is 37.1 Å². The molecule has 0 radical (unpaired) electrons. The maximum atomic E-state index is 12.6. The van der Waals surface area contributed by atoms with Gasteiger partial charge >= 0.3 is 0 Å². The summed E-state index contributed by atoms with van der Waals surface area (Å²) >= 11 is 0. The Bertz CT molecular complexity index is 796. The van der Waals surface area contributed by atoms with Gasteiger partial charge < -0.3 is 5.32 Å². The highest BCUT2D eigenvalue weighted by molar-refractivity contribution is 7.90. The number of sulfone groups is 1. The number of amides is 3. The van der Waals surface area contributed by atoms with Gasteiger partial charge in [0.1, 0.15) is 5.54 Å². The van der Waals surface area contributed by atoms with Gasteiger partial charge in [0.15, 0.2) is 9.84 Å². The van der Waals surface area contributed by atoms with E-state index in [0.29, 0.717) is 12.8 Å². The molecule has 26 heavy (non-hydrogen) atoms. The molecule has 1 fully saturated rings. The Morgan fingerprint density at radius 1 is 0.962 bits per heavy atom. The van der Waals surface area contributed by atoms with E-state index in [-0.39, 0.29) is 16.4 Å². The van der Waals surface area contributed by atoms with E-state index in [0.717, 1.165) is 25.5 Å². The second-order valence-electron chi connectivity index (χ2n) is 6.53. The number of nitrogens with one attached hydrogen (secondary N) is 3. The minimum Gasteiger partial charge on any atom is -0.342 e. The summed E-state index contributed by atoms with van der Waals surface area (Å²) in [5, 5.41) is 2.71. The fraction of sp³-hybridized carbons (Fsp3) is 0.471. The van der Waals surface area contributed by atoms with Crippen molar-refractivity contribution in [2.75, 3.05) is 6.26 Å². The van der Waals surface area contributed by atoms with Gasteiger partial charge in [-0.25, -0.2) is 8.42 Å². The lowest BCUT2D eigenvalue weighted by molar-refractivity contribution is -0.134. The molecule has 0 heterocycles. The van der Waals surface area contributed by atoms with Crippen LogP contribution in [0.5, 0.6) is 0 Å². The number of hydrogen-bond acceptors (Lipinski definition) is 5. The van der Waals surface area contributed by atoms with Gasteiger partial charge in [0.05, 0.1) is 4.90 Å². The summed E-state index contributed by atoms with van der Waals surface area (Å²) in [5.41, 5.74) is 3.87. The van der Waals surface area contributed by atoms with Crippen molar-refractivity contribution in [3.63, 3.8) is 0 Å². The molecule has 0 aromatic heterocycles. The Balaban J connectivity index is 2.03. The molecular weight excluding hydrogens is 358 g/mol. The van der Waals surface area contributed by atoms with Crippen LogP contribution >= 0.6 is 0 Å². The number of hydrazine groups is 1. The van der Waals surface area contributed by atoms with Crippen molar-refractivity contribution in [1.82, 2.24) is 16.2 Å². The zero-order valence-electron chi connectivity index (χ0n) is 14.8. The van der Waals surface area contributed by atoms with Crippen LogP contribution in [0.3, 0.4) is 0 Å². The van der Waals surface area contributed by atoms with E-state index in [1.54, 1.807) is 0 Å². The van der Waals surface area contributed by atoms with Crippen molar-refractivity contribution in [2.45, 2.75) is 49.5 Å². The fourth-order valence-electron chi connectivity index (χ4n) is 3.06. The highest BCUT2D eigenvalue weighted by Crippen LogP contribution is 2.28. The van der Waals surface area contributed by atoms with Gasteiger partial charge in [-0.3, -0.25) is 25.2 Å². The summed E-state index contributed by atoms with van der Waals surface area (Å²) in [4.78, 5) is 36.3. The lowest BCUT2D eigenvalue weighted by atomic mass is 9.81. The van der Waals surface area contributed by atoms with E-state index in [1.165, 1.54) is 31.2 Å². The fourth-order valence-corrected chi connectivity index (χ4v) is 3.69. The Kier molecular flexibility index (Phi) is 6.01. The average molecular weight is 381 g/mol. The van der Waals surface area contributed by atoms with Crippen LogP contribution in [-0.2, 0) is 19.4 Å². The first-order valence-electron chi connectivity index (χ1n) is 8.34. The molecule has 1 aromatic rings. The lowest BCUT2D eigenvalue weighted by Gasteiger charge is -2.36. The molecule has 0 unspecified atom stereocenters. The van der Waals surface area contributed by atoms with E-state index in [4.69, 9.17) is 0 Å². The molecular formula is C17H23N3O5S. The molecule has 8 nitrogen and oxygen atoms in total. The molecule has 142 valence electrons. The summed E-state index contributed by atoms with van der Waals surface area (Å²) in [7, 11) is -3.35. The summed E-state index contributed by atoms with van der Waals surface area (Å²) in [6, 6.07) is 5.38. The highest BCUT2D eigenvalue weighted by atomic mass is 32.2. The van der Waals surface area contributed by atoms with Crippen LogP contribution in [0.1, 0.15) is 49.4 Å². The third kappa shape index (κ3) is 4.81. The van der Waals surface area contributed by atoms with Crippen LogP contribution in [0, 0.1) is 0 Å². The molecule has 0 saturated heterocycles. The summed E-state index contributed by atoms with van der Waals surface area (Å²) in [5.74, 6) is -1.34. The molecule has 0 bridgehead atoms. The second kappa shape index (κ2) is 7.86. The van der Waals surface area contributed by atoms with Crippen LogP contribution in [0.4, 0.5) is 0 Å². The van der Waals surface area contributed by atoms with Crippen molar-refractivity contribution in [3.05, 3.63) is 29.8 Å². The molecule has 3 N–H and O–H groups in total.